The maximum absolute atomic E-state index is 12.2. The van der Waals surface area contributed by atoms with Gasteiger partial charge in [0.15, 0.2) is 0 Å². The van der Waals surface area contributed by atoms with Gasteiger partial charge in [-0.15, -0.1) is 0 Å². The SMILES string of the molecule is COc1ccccc1CC(=O)NCc1ccc(-c2ccc(Br)cc2)o1. The molecule has 0 fully saturated rings. The Morgan fingerprint density at radius 3 is 2.60 bits per heavy atom. The maximum atomic E-state index is 12.2. The van der Waals surface area contributed by atoms with Gasteiger partial charge in [-0.1, -0.05) is 46.3 Å². The molecule has 1 heterocycles. The van der Waals surface area contributed by atoms with Crippen LogP contribution in [0.5, 0.6) is 5.75 Å². The summed E-state index contributed by atoms with van der Waals surface area (Å²) in [6.45, 7) is 0.352. The molecule has 0 spiro atoms. The summed E-state index contributed by atoms with van der Waals surface area (Å²) < 4.78 is 12.1. The Morgan fingerprint density at radius 2 is 1.84 bits per heavy atom. The second-order valence-electron chi connectivity index (χ2n) is 5.54. The number of methoxy groups -OCH3 is 1. The molecule has 0 aliphatic rings. The first-order valence-corrected chi connectivity index (χ1v) is 8.68. The third kappa shape index (κ3) is 4.51. The number of nitrogens with one attached hydrogen (secondary N) is 1. The summed E-state index contributed by atoms with van der Waals surface area (Å²) in [4.78, 5) is 12.2. The zero-order chi connectivity index (χ0) is 17.6. The fraction of sp³-hybridized carbons (Fsp3) is 0.150. The Bertz CT molecular complexity index is 855. The Balaban J connectivity index is 1.58. The van der Waals surface area contributed by atoms with E-state index in [4.69, 9.17) is 9.15 Å². The van der Waals surface area contributed by atoms with Gasteiger partial charge in [-0.3, -0.25) is 4.79 Å². The standard InChI is InChI=1S/C20H18BrNO3/c1-24-18-5-3-2-4-15(18)12-20(23)22-13-17-10-11-19(25-17)14-6-8-16(21)9-7-14/h2-11H,12-13H2,1H3,(H,22,23). The molecule has 0 bridgehead atoms. The van der Waals surface area contributed by atoms with Crippen molar-refractivity contribution in [1.29, 1.82) is 0 Å². The summed E-state index contributed by atoms with van der Waals surface area (Å²) in [7, 11) is 1.60. The Kier molecular flexibility index (Phi) is 5.56. The molecule has 5 heteroatoms. The van der Waals surface area contributed by atoms with E-state index in [-0.39, 0.29) is 12.3 Å². The predicted octanol–water partition coefficient (Wildman–Crippen LogP) is 4.58. The van der Waals surface area contributed by atoms with E-state index < -0.39 is 0 Å². The average molecular weight is 400 g/mol. The monoisotopic (exact) mass is 399 g/mol. The molecule has 2 aromatic carbocycles. The summed E-state index contributed by atoms with van der Waals surface area (Å²) >= 11 is 3.41. The molecule has 25 heavy (non-hydrogen) atoms. The van der Waals surface area contributed by atoms with Gasteiger partial charge in [0.2, 0.25) is 5.91 Å². The van der Waals surface area contributed by atoms with Gasteiger partial charge in [0.05, 0.1) is 20.1 Å². The van der Waals surface area contributed by atoms with E-state index in [2.05, 4.69) is 21.2 Å². The van der Waals surface area contributed by atoms with Crippen LogP contribution >= 0.6 is 15.9 Å². The smallest absolute Gasteiger partial charge is 0.224 e. The summed E-state index contributed by atoms with van der Waals surface area (Å²) in [5, 5.41) is 2.88. The first-order chi connectivity index (χ1) is 12.2. The minimum absolute atomic E-state index is 0.0777. The molecule has 0 unspecified atom stereocenters. The van der Waals surface area contributed by atoms with Crippen molar-refractivity contribution in [3.05, 3.63) is 76.5 Å². The summed E-state index contributed by atoms with van der Waals surface area (Å²) in [5.41, 5.74) is 1.85. The number of hydrogen-bond acceptors (Lipinski definition) is 3. The highest BCUT2D eigenvalue weighted by molar-refractivity contribution is 9.10. The number of ether oxygens (including phenoxy) is 1. The van der Waals surface area contributed by atoms with Crippen molar-refractivity contribution < 1.29 is 13.9 Å². The van der Waals surface area contributed by atoms with Crippen molar-refractivity contribution in [2.75, 3.05) is 7.11 Å². The van der Waals surface area contributed by atoms with E-state index in [1.54, 1.807) is 7.11 Å². The molecule has 1 aromatic heterocycles. The molecule has 0 radical (unpaired) electrons. The fourth-order valence-electron chi connectivity index (χ4n) is 2.51. The highest BCUT2D eigenvalue weighted by Crippen LogP contribution is 2.24. The van der Waals surface area contributed by atoms with E-state index in [1.165, 1.54) is 0 Å². The van der Waals surface area contributed by atoms with Gasteiger partial charge in [-0.05, 0) is 30.3 Å². The fourth-order valence-corrected chi connectivity index (χ4v) is 2.78. The van der Waals surface area contributed by atoms with Crippen molar-refractivity contribution in [2.24, 2.45) is 0 Å². The topological polar surface area (TPSA) is 51.5 Å². The van der Waals surface area contributed by atoms with Crippen LogP contribution in [0.1, 0.15) is 11.3 Å². The number of furan rings is 1. The molecule has 4 nitrogen and oxygen atoms in total. The second kappa shape index (κ2) is 8.03. The van der Waals surface area contributed by atoms with Crippen LogP contribution in [0.4, 0.5) is 0 Å². The van der Waals surface area contributed by atoms with Crippen LogP contribution in [0.25, 0.3) is 11.3 Å². The van der Waals surface area contributed by atoms with Gasteiger partial charge in [-0.25, -0.2) is 0 Å². The van der Waals surface area contributed by atoms with Crippen LogP contribution < -0.4 is 10.1 Å². The highest BCUT2D eigenvalue weighted by Gasteiger charge is 2.10. The summed E-state index contributed by atoms with van der Waals surface area (Å²) in [6, 6.07) is 19.2. The summed E-state index contributed by atoms with van der Waals surface area (Å²) in [6.07, 6.45) is 0.268. The lowest BCUT2D eigenvalue weighted by molar-refractivity contribution is -0.120. The van der Waals surface area contributed by atoms with Gasteiger partial charge in [0, 0.05) is 15.6 Å². The van der Waals surface area contributed by atoms with Gasteiger partial charge < -0.3 is 14.5 Å². The largest absolute Gasteiger partial charge is 0.496 e. The Hall–Kier alpha value is -2.53. The quantitative estimate of drug-likeness (QED) is 0.659. The highest BCUT2D eigenvalue weighted by atomic mass is 79.9. The predicted molar refractivity (Wildman–Crippen MR) is 100 cm³/mol. The molecular weight excluding hydrogens is 382 g/mol. The lowest BCUT2D eigenvalue weighted by Crippen LogP contribution is -2.24. The Morgan fingerprint density at radius 1 is 1.08 bits per heavy atom. The molecule has 3 rings (SSSR count). The minimum atomic E-state index is -0.0777. The van der Waals surface area contributed by atoms with Crippen LogP contribution in [0.2, 0.25) is 0 Å². The number of carbonyl (C=O) groups excluding carboxylic acids is 1. The molecule has 128 valence electrons. The van der Waals surface area contributed by atoms with Gasteiger partial charge in [-0.2, -0.15) is 0 Å². The number of rotatable bonds is 6. The van der Waals surface area contributed by atoms with Crippen molar-refractivity contribution >= 4 is 21.8 Å². The van der Waals surface area contributed by atoms with E-state index in [0.717, 1.165) is 21.4 Å². The molecule has 0 aliphatic heterocycles. The van der Waals surface area contributed by atoms with E-state index in [1.807, 2.05) is 60.7 Å². The first-order valence-electron chi connectivity index (χ1n) is 7.89. The summed E-state index contributed by atoms with van der Waals surface area (Å²) in [5.74, 6) is 2.13. The van der Waals surface area contributed by atoms with Gasteiger partial charge in [0.25, 0.3) is 0 Å². The number of halogens is 1. The number of carbonyl (C=O) groups is 1. The van der Waals surface area contributed by atoms with Crippen molar-refractivity contribution in [1.82, 2.24) is 5.32 Å². The van der Waals surface area contributed by atoms with Crippen LogP contribution in [0.3, 0.4) is 0 Å². The van der Waals surface area contributed by atoms with Crippen LogP contribution in [-0.4, -0.2) is 13.0 Å². The first kappa shape index (κ1) is 17.3. The molecule has 1 amide bonds. The molecule has 0 aliphatic carbocycles. The molecule has 0 saturated carbocycles. The number of hydrogen-bond donors (Lipinski definition) is 1. The maximum Gasteiger partial charge on any atom is 0.224 e. The van der Waals surface area contributed by atoms with Crippen LogP contribution in [0.15, 0.2) is 69.6 Å². The Labute approximate surface area is 154 Å². The molecule has 1 N–H and O–H groups in total. The number of benzene rings is 2. The second-order valence-corrected chi connectivity index (χ2v) is 6.45. The van der Waals surface area contributed by atoms with Crippen molar-refractivity contribution in [2.45, 2.75) is 13.0 Å². The van der Waals surface area contributed by atoms with E-state index in [9.17, 15) is 4.79 Å². The minimum Gasteiger partial charge on any atom is -0.496 e. The van der Waals surface area contributed by atoms with Gasteiger partial charge in [0.1, 0.15) is 17.3 Å². The number of amides is 1. The number of para-hydroxylation sites is 1. The third-order valence-electron chi connectivity index (χ3n) is 3.79. The molecule has 0 saturated heterocycles. The lowest BCUT2D eigenvalue weighted by Gasteiger charge is -2.08. The molecule has 0 atom stereocenters. The molecule has 3 aromatic rings. The lowest BCUT2D eigenvalue weighted by atomic mass is 10.1. The average Bonchev–Trinajstić information content (AvgIpc) is 3.10. The third-order valence-corrected chi connectivity index (χ3v) is 4.32. The van der Waals surface area contributed by atoms with Crippen LogP contribution in [-0.2, 0) is 17.8 Å². The normalized spacial score (nSPS) is 10.5. The zero-order valence-corrected chi connectivity index (χ0v) is 15.4. The van der Waals surface area contributed by atoms with E-state index >= 15 is 0 Å². The van der Waals surface area contributed by atoms with Crippen molar-refractivity contribution in [3.63, 3.8) is 0 Å². The van der Waals surface area contributed by atoms with Crippen molar-refractivity contribution in [3.8, 4) is 17.1 Å². The van der Waals surface area contributed by atoms with Gasteiger partial charge >= 0.3 is 0 Å². The molecular formula is C20H18BrNO3. The van der Waals surface area contributed by atoms with Crippen LogP contribution in [0, 0.1) is 0 Å². The van der Waals surface area contributed by atoms with E-state index in [0.29, 0.717) is 18.1 Å². The zero-order valence-electron chi connectivity index (χ0n) is 13.8.